The van der Waals surface area contributed by atoms with E-state index in [0.717, 1.165) is 36.4 Å². The van der Waals surface area contributed by atoms with Crippen molar-refractivity contribution >= 4 is 0 Å². The zero-order valence-electron chi connectivity index (χ0n) is 14.0. The molecule has 3 nitrogen and oxygen atoms in total. The van der Waals surface area contributed by atoms with Crippen LogP contribution in [0.3, 0.4) is 0 Å². The van der Waals surface area contributed by atoms with Crippen LogP contribution in [0.1, 0.15) is 22.3 Å². The van der Waals surface area contributed by atoms with Gasteiger partial charge in [0.05, 0.1) is 0 Å². The topological polar surface area (TPSA) is 32.7 Å². The van der Waals surface area contributed by atoms with Crippen molar-refractivity contribution in [2.75, 3.05) is 19.7 Å². The molecular formula is C20H25NO2. The third kappa shape index (κ3) is 3.92. The number of aryl methyl sites for hydroxylation is 2. The van der Waals surface area contributed by atoms with Crippen molar-refractivity contribution in [3.63, 3.8) is 0 Å². The van der Waals surface area contributed by atoms with Gasteiger partial charge < -0.3 is 9.84 Å². The number of ether oxygens (including phenoxy) is 1. The van der Waals surface area contributed by atoms with E-state index in [-0.39, 0.29) is 0 Å². The third-order valence-corrected chi connectivity index (χ3v) is 4.51. The Balaban J connectivity index is 1.53. The van der Waals surface area contributed by atoms with Gasteiger partial charge in [-0.15, -0.1) is 0 Å². The molecule has 0 aromatic heterocycles. The molecule has 0 saturated carbocycles. The number of rotatable bonds is 5. The Bertz CT molecular complexity index is 648. The summed E-state index contributed by atoms with van der Waals surface area (Å²) in [5, 5.41) is 10.3. The highest BCUT2D eigenvalue weighted by atomic mass is 16.5. The zero-order valence-corrected chi connectivity index (χ0v) is 14.0. The Morgan fingerprint density at radius 3 is 2.48 bits per heavy atom. The molecule has 0 bridgehead atoms. The number of aliphatic hydroxyl groups excluding tert-OH is 1. The third-order valence-electron chi connectivity index (χ3n) is 4.51. The standard InChI is InChI=1S/C20H25NO2/c1-15-6-5-7-16(2)20(15)23-14-19(22)13-21-11-10-17-8-3-4-9-18(17)12-21/h3-9,19,22H,10-14H2,1-2H3/t19-/m0/s1. The lowest BCUT2D eigenvalue weighted by Crippen LogP contribution is -2.38. The van der Waals surface area contributed by atoms with E-state index < -0.39 is 6.10 Å². The summed E-state index contributed by atoms with van der Waals surface area (Å²) < 4.78 is 5.86. The van der Waals surface area contributed by atoms with Crippen LogP contribution >= 0.6 is 0 Å². The summed E-state index contributed by atoms with van der Waals surface area (Å²) in [6, 6.07) is 14.7. The number of hydrogen-bond acceptors (Lipinski definition) is 3. The second kappa shape index (κ2) is 7.16. The van der Waals surface area contributed by atoms with Crippen molar-refractivity contribution in [1.29, 1.82) is 0 Å². The second-order valence-corrected chi connectivity index (χ2v) is 6.44. The van der Waals surface area contributed by atoms with Crippen molar-refractivity contribution in [3.05, 3.63) is 64.7 Å². The van der Waals surface area contributed by atoms with Gasteiger partial charge in [0, 0.05) is 19.6 Å². The van der Waals surface area contributed by atoms with Crippen molar-refractivity contribution < 1.29 is 9.84 Å². The highest BCUT2D eigenvalue weighted by Crippen LogP contribution is 2.23. The number of benzene rings is 2. The van der Waals surface area contributed by atoms with E-state index >= 15 is 0 Å². The monoisotopic (exact) mass is 311 g/mol. The van der Waals surface area contributed by atoms with E-state index in [1.165, 1.54) is 11.1 Å². The molecule has 0 radical (unpaired) electrons. The lowest BCUT2D eigenvalue weighted by molar-refractivity contribution is 0.0633. The summed E-state index contributed by atoms with van der Waals surface area (Å²) in [4.78, 5) is 2.31. The van der Waals surface area contributed by atoms with Crippen LogP contribution in [0.5, 0.6) is 5.75 Å². The number of nitrogens with zero attached hydrogens (tertiary/aromatic N) is 1. The largest absolute Gasteiger partial charge is 0.490 e. The Hall–Kier alpha value is -1.84. The van der Waals surface area contributed by atoms with Gasteiger partial charge in [0.1, 0.15) is 18.5 Å². The quantitative estimate of drug-likeness (QED) is 0.921. The minimum atomic E-state index is -0.473. The highest BCUT2D eigenvalue weighted by Gasteiger charge is 2.19. The van der Waals surface area contributed by atoms with E-state index in [0.29, 0.717) is 13.2 Å². The fourth-order valence-corrected chi connectivity index (χ4v) is 3.27. The molecule has 122 valence electrons. The molecule has 1 aliphatic heterocycles. The summed E-state index contributed by atoms with van der Waals surface area (Å²) in [5.74, 6) is 0.899. The molecule has 0 spiro atoms. The number of aliphatic hydroxyl groups is 1. The minimum Gasteiger partial charge on any atom is -0.490 e. The van der Waals surface area contributed by atoms with Crippen molar-refractivity contribution in [1.82, 2.24) is 4.90 Å². The first kappa shape index (κ1) is 16.0. The van der Waals surface area contributed by atoms with Crippen LogP contribution in [-0.2, 0) is 13.0 Å². The fourth-order valence-electron chi connectivity index (χ4n) is 3.27. The lowest BCUT2D eigenvalue weighted by atomic mass is 10.00. The van der Waals surface area contributed by atoms with Gasteiger partial charge >= 0.3 is 0 Å². The lowest BCUT2D eigenvalue weighted by Gasteiger charge is -2.30. The van der Waals surface area contributed by atoms with E-state index in [1.54, 1.807) is 0 Å². The Morgan fingerprint density at radius 1 is 1.04 bits per heavy atom. The van der Waals surface area contributed by atoms with Gasteiger partial charge in [0.25, 0.3) is 0 Å². The van der Waals surface area contributed by atoms with Gasteiger partial charge in [-0.05, 0) is 42.5 Å². The minimum absolute atomic E-state index is 0.337. The molecule has 1 heterocycles. The molecule has 2 aromatic rings. The molecule has 23 heavy (non-hydrogen) atoms. The maximum atomic E-state index is 10.3. The maximum absolute atomic E-state index is 10.3. The molecule has 3 heteroatoms. The predicted octanol–water partition coefficient (Wildman–Crippen LogP) is 3.10. The van der Waals surface area contributed by atoms with Crippen molar-refractivity contribution in [2.45, 2.75) is 32.9 Å². The summed E-state index contributed by atoms with van der Waals surface area (Å²) in [6.45, 7) is 6.98. The summed E-state index contributed by atoms with van der Waals surface area (Å²) in [5.41, 5.74) is 5.04. The van der Waals surface area contributed by atoms with E-state index in [9.17, 15) is 5.11 Å². The van der Waals surface area contributed by atoms with Gasteiger partial charge in [-0.25, -0.2) is 0 Å². The summed E-state index contributed by atoms with van der Waals surface area (Å²) in [7, 11) is 0. The Morgan fingerprint density at radius 2 is 1.74 bits per heavy atom. The first-order valence-electron chi connectivity index (χ1n) is 8.29. The predicted molar refractivity (Wildman–Crippen MR) is 92.8 cm³/mol. The van der Waals surface area contributed by atoms with Crippen LogP contribution < -0.4 is 4.74 Å². The van der Waals surface area contributed by atoms with Crippen LogP contribution in [0.2, 0.25) is 0 Å². The second-order valence-electron chi connectivity index (χ2n) is 6.44. The Labute approximate surface area is 138 Å². The van der Waals surface area contributed by atoms with Gasteiger partial charge in [0.15, 0.2) is 0 Å². The molecule has 1 aliphatic rings. The highest BCUT2D eigenvalue weighted by molar-refractivity contribution is 5.39. The van der Waals surface area contributed by atoms with Crippen LogP contribution in [0.4, 0.5) is 0 Å². The van der Waals surface area contributed by atoms with Crippen LogP contribution in [0, 0.1) is 13.8 Å². The molecule has 0 saturated heterocycles. The van der Waals surface area contributed by atoms with Crippen molar-refractivity contribution in [2.24, 2.45) is 0 Å². The van der Waals surface area contributed by atoms with Gasteiger partial charge in [-0.1, -0.05) is 42.5 Å². The SMILES string of the molecule is Cc1cccc(C)c1OC[C@@H](O)CN1CCc2ccccc2C1. The molecule has 3 rings (SSSR count). The average Bonchev–Trinajstić information content (AvgIpc) is 2.54. The van der Waals surface area contributed by atoms with E-state index in [4.69, 9.17) is 4.74 Å². The first-order chi connectivity index (χ1) is 11.1. The molecule has 0 amide bonds. The zero-order chi connectivity index (χ0) is 16.2. The Kier molecular flexibility index (Phi) is 4.99. The van der Waals surface area contributed by atoms with Crippen LogP contribution in [-0.4, -0.2) is 35.8 Å². The summed E-state index contributed by atoms with van der Waals surface area (Å²) in [6.07, 6.45) is 0.583. The van der Waals surface area contributed by atoms with Gasteiger partial charge in [0.2, 0.25) is 0 Å². The van der Waals surface area contributed by atoms with E-state index in [1.807, 2.05) is 32.0 Å². The van der Waals surface area contributed by atoms with Gasteiger partial charge in [-0.3, -0.25) is 4.90 Å². The first-order valence-corrected chi connectivity index (χ1v) is 8.29. The molecular weight excluding hydrogens is 286 g/mol. The van der Waals surface area contributed by atoms with Crippen LogP contribution in [0.25, 0.3) is 0 Å². The van der Waals surface area contributed by atoms with E-state index in [2.05, 4.69) is 29.2 Å². The average molecular weight is 311 g/mol. The van der Waals surface area contributed by atoms with Crippen LogP contribution in [0.15, 0.2) is 42.5 Å². The molecule has 0 fully saturated rings. The number of hydrogen-bond donors (Lipinski definition) is 1. The molecule has 0 aliphatic carbocycles. The smallest absolute Gasteiger partial charge is 0.125 e. The molecule has 2 aromatic carbocycles. The molecule has 0 unspecified atom stereocenters. The fraction of sp³-hybridized carbons (Fsp3) is 0.400. The molecule has 1 atom stereocenters. The number of β-amino-alcohol motifs (C(OH)–C–C–N with tert-alkyl or cyclic N) is 1. The van der Waals surface area contributed by atoms with Gasteiger partial charge in [-0.2, -0.15) is 0 Å². The van der Waals surface area contributed by atoms with Crippen molar-refractivity contribution in [3.8, 4) is 5.75 Å². The number of fused-ring (bicyclic) bond motifs is 1. The summed E-state index contributed by atoms with van der Waals surface area (Å²) >= 11 is 0. The number of para-hydroxylation sites is 1. The molecule has 1 N–H and O–H groups in total. The maximum Gasteiger partial charge on any atom is 0.125 e. The normalized spacial score (nSPS) is 16.0.